The lowest BCUT2D eigenvalue weighted by molar-refractivity contribution is 0.0929. The van der Waals surface area contributed by atoms with Gasteiger partial charge in [0.25, 0.3) is 5.91 Å². The first-order valence-electron chi connectivity index (χ1n) is 4.35. The first kappa shape index (κ1) is 11.7. The van der Waals surface area contributed by atoms with Gasteiger partial charge in [0.2, 0.25) is 0 Å². The molecule has 0 aliphatic heterocycles. The highest BCUT2D eigenvalue weighted by Crippen LogP contribution is 2.10. The van der Waals surface area contributed by atoms with Crippen molar-refractivity contribution in [1.82, 2.24) is 10.3 Å². The fourth-order valence-electron chi connectivity index (χ4n) is 0.928. The Morgan fingerprint density at radius 3 is 2.80 bits per heavy atom. The fourth-order valence-corrected chi connectivity index (χ4v) is 1.29. The lowest BCUT2D eigenvalue weighted by Crippen LogP contribution is -2.42. The molecule has 0 spiro atoms. The smallest absolute Gasteiger partial charge is 0.254 e. The molecule has 1 N–H and O–H groups in total. The van der Waals surface area contributed by atoms with E-state index in [9.17, 15) is 4.79 Å². The molecule has 0 bridgehead atoms. The Bertz CT molecular complexity index is 421. The third kappa shape index (κ3) is 3.37. The minimum absolute atomic E-state index is 0.230. The van der Waals surface area contributed by atoms with Gasteiger partial charge in [0.15, 0.2) is 0 Å². The number of terminal acetylenes is 1. The maximum absolute atomic E-state index is 11.7. The van der Waals surface area contributed by atoms with Gasteiger partial charge < -0.3 is 5.32 Å². The molecule has 15 heavy (non-hydrogen) atoms. The van der Waals surface area contributed by atoms with Crippen molar-refractivity contribution < 1.29 is 4.79 Å². The maximum Gasteiger partial charge on any atom is 0.254 e. The van der Waals surface area contributed by atoms with E-state index in [1.807, 2.05) is 0 Å². The quantitative estimate of drug-likeness (QED) is 0.832. The topological polar surface area (TPSA) is 42.0 Å². The van der Waals surface area contributed by atoms with Crippen LogP contribution in [-0.2, 0) is 0 Å². The van der Waals surface area contributed by atoms with E-state index in [1.165, 1.54) is 6.20 Å². The summed E-state index contributed by atoms with van der Waals surface area (Å²) in [6, 6.07) is 1.69. The largest absolute Gasteiger partial charge is 0.336 e. The molecule has 1 aromatic rings. The summed E-state index contributed by atoms with van der Waals surface area (Å²) in [5.41, 5.74) is -0.174. The Hall–Kier alpha value is -1.34. The minimum atomic E-state index is -0.653. The van der Waals surface area contributed by atoms with Crippen LogP contribution in [0.25, 0.3) is 0 Å². The van der Waals surface area contributed by atoms with Crippen molar-refractivity contribution in [2.45, 2.75) is 19.4 Å². The molecule has 0 unspecified atom stereocenters. The van der Waals surface area contributed by atoms with E-state index < -0.39 is 5.54 Å². The molecule has 1 rings (SSSR count). The molecule has 0 fully saturated rings. The number of halogens is 1. The molecule has 4 heteroatoms. The van der Waals surface area contributed by atoms with Crippen LogP contribution in [-0.4, -0.2) is 16.4 Å². The van der Waals surface area contributed by atoms with Crippen molar-refractivity contribution in [1.29, 1.82) is 0 Å². The Labute approximate surface area is 97.4 Å². The molecule has 0 aliphatic rings. The van der Waals surface area contributed by atoms with E-state index in [0.717, 1.165) is 4.47 Å². The van der Waals surface area contributed by atoms with Gasteiger partial charge in [-0.1, -0.05) is 5.92 Å². The molecule has 0 radical (unpaired) electrons. The second-order valence-electron chi connectivity index (χ2n) is 3.62. The number of pyridine rings is 1. The number of hydrogen-bond donors (Lipinski definition) is 1. The van der Waals surface area contributed by atoms with Crippen LogP contribution in [0.4, 0.5) is 0 Å². The summed E-state index contributed by atoms with van der Waals surface area (Å²) >= 11 is 3.24. The van der Waals surface area contributed by atoms with Gasteiger partial charge in [0.1, 0.15) is 0 Å². The van der Waals surface area contributed by atoms with Crippen molar-refractivity contribution in [3.05, 3.63) is 28.5 Å². The van der Waals surface area contributed by atoms with Crippen LogP contribution < -0.4 is 5.32 Å². The van der Waals surface area contributed by atoms with Gasteiger partial charge in [-0.2, -0.15) is 0 Å². The van der Waals surface area contributed by atoms with Crippen molar-refractivity contribution in [2.24, 2.45) is 0 Å². The normalized spacial score (nSPS) is 10.5. The minimum Gasteiger partial charge on any atom is -0.336 e. The zero-order valence-corrected chi connectivity index (χ0v) is 10.1. The summed E-state index contributed by atoms with van der Waals surface area (Å²) in [5.74, 6) is 2.26. The monoisotopic (exact) mass is 266 g/mol. The Kier molecular flexibility index (Phi) is 3.48. The molecule has 0 aliphatic carbocycles. The Balaban J connectivity index is 2.84. The predicted molar refractivity (Wildman–Crippen MR) is 62.3 cm³/mol. The number of nitrogens with zero attached hydrogens (tertiary/aromatic N) is 1. The van der Waals surface area contributed by atoms with Crippen LogP contribution in [0.5, 0.6) is 0 Å². The van der Waals surface area contributed by atoms with Crippen LogP contribution in [0, 0.1) is 12.3 Å². The van der Waals surface area contributed by atoms with E-state index in [-0.39, 0.29) is 5.91 Å². The summed E-state index contributed by atoms with van der Waals surface area (Å²) in [4.78, 5) is 15.6. The third-order valence-corrected chi connectivity index (χ3v) is 2.19. The van der Waals surface area contributed by atoms with Gasteiger partial charge in [-0.25, -0.2) is 0 Å². The Morgan fingerprint density at radius 2 is 2.27 bits per heavy atom. The maximum atomic E-state index is 11.7. The zero-order chi connectivity index (χ0) is 11.5. The summed E-state index contributed by atoms with van der Waals surface area (Å²) in [5, 5.41) is 2.71. The number of carbonyl (C=O) groups excluding carboxylic acids is 1. The summed E-state index contributed by atoms with van der Waals surface area (Å²) < 4.78 is 0.758. The van der Waals surface area contributed by atoms with E-state index in [2.05, 4.69) is 32.2 Å². The number of amides is 1. The highest BCUT2D eigenvalue weighted by atomic mass is 79.9. The van der Waals surface area contributed by atoms with Crippen molar-refractivity contribution in [3.63, 3.8) is 0 Å². The molecule has 1 heterocycles. The van der Waals surface area contributed by atoms with E-state index in [0.29, 0.717) is 5.56 Å². The lowest BCUT2D eigenvalue weighted by Gasteiger charge is -2.19. The van der Waals surface area contributed by atoms with Crippen LogP contribution in [0.1, 0.15) is 24.2 Å². The number of aromatic nitrogens is 1. The molecule has 0 aromatic carbocycles. The fraction of sp³-hybridized carbons (Fsp3) is 0.273. The number of carbonyl (C=O) groups is 1. The summed E-state index contributed by atoms with van der Waals surface area (Å²) in [6.45, 7) is 3.52. The van der Waals surface area contributed by atoms with Crippen molar-refractivity contribution in [3.8, 4) is 12.3 Å². The molecule has 0 saturated heterocycles. The standard InChI is InChI=1S/C11H11BrN2O/c1-4-11(2,3)14-10(15)8-5-9(12)7-13-6-8/h1,5-7H,2-3H3,(H,14,15). The molecular formula is C11H11BrN2O. The molecule has 3 nitrogen and oxygen atoms in total. The van der Waals surface area contributed by atoms with Gasteiger partial charge in [0.05, 0.1) is 11.1 Å². The van der Waals surface area contributed by atoms with E-state index >= 15 is 0 Å². The second-order valence-corrected chi connectivity index (χ2v) is 4.53. The van der Waals surface area contributed by atoms with Gasteiger partial charge in [-0.15, -0.1) is 6.42 Å². The lowest BCUT2D eigenvalue weighted by atomic mass is 10.1. The molecule has 0 saturated carbocycles. The van der Waals surface area contributed by atoms with Gasteiger partial charge in [-0.3, -0.25) is 9.78 Å². The van der Waals surface area contributed by atoms with Gasteiger partial charge >= 0.3 is 0 Å². The highest BCUT2D eigenvalue weighted by Gasteiger charge is 2.18. The predicted octanol–water partition coefficient (Wildman–Crippen LogP) is 1.99. The highest BCUT2D eigenvalue weighted by molar-refractivity contribution is 9.10. The SMILES string of the molecule is C#CC(C)(C)NC(=O)c1cncc(Br)c1. The van der Waals surface area contributed by atoms with Crippen LogP contribution >= 0.6 is 15.9 Å². The average molecular weight is 267 g/mol. The van der Waals surface area contributed by atoms with E-state index in [4.69, 9.17) is 6.42 Å². The number of rotatable bonds is 2. The van der Waals surface area contributed by atoms with Crippen molar-refractivity contribution >= 4 is 21.8 Å². The first-order valence-corrected chi connectivity index (χ1v) is 5.15. The average Bonchev–Trinajstić information content (AvgIpc) is 2.17. The number of nitrogens with one attached hydrogen (secondary N) is 1. The first-order chi connectivity index (χ1) is 6.94. The summed E-state index contributed by atoms with van der Waals surface area (Å²) in [7, 11) is 0. The zero-order valence-electron chi connectivity index (χ0n) is 8.54. The molecule has 0 atom stereocenters. The molecular weight excluding hydrogens is 256 g/mol. The van der Waals surface area contributed by atoms with E-state index in [1.54, 1.807) is 26.1 Å². The molecule has 78 valence electrons. The van der Waals surface area contributed by atoms with Gasteiger partial charge in [-0.05, 0) is 35.8 Å². The van der Waals surface area contributed by atoms with Crippen LogP contribution in [0.15, 0.2) is 22.9 Å². The molecule has 1 amide bonds. The summed E-state index contributed by atoms with van der Waals surface area (Å²) in [6.07, 6.45) is 8.38. The third-order valence-electron chi connectivity index (χ3n) is 1.75. The second kappa shape index (κ2) is 4.45. The number of hydrogen-bond acceptors (Lipinski definition) is 2. The van der Waals surface area contributed by atoms with Gasteiger partial charge in [0, 0.05) is 16.9 Å². The molecule has 1 aromatic heterocycles. The Morgan fingerprint density at radius 1 is 1.60 bits per heavy atom. The van der Waals surface area contributed by atoms with Crippen LogP contribution in [0.2, 0.25) is 0 Å². The van der Waals surface area contributed by atoms with Crippen molar-refractivity contribution in [2.75, 3.05) is 0 Å². The van der Waals surface area contributed by atoms with Crippen LogP contribution in [0.3, 0.4) is 0 Å².